The van der Waals surface area contributed by atoms with Gasteiger partial charge in [-0.3, -0.25) is 14.7 Å². The van der Waals surface area contributed by atoms with E-state index in [4.69, 9.17) is 0 Å². The lowest BCUT2D eigenvalue weighted by molar-refractivity contribution is -0.142. The Morgan fingerprint density at radius 3 is 2.59 bits per heavy atom. The highest BCUT2D eigenvalue weighted by Gasteiger charge is 2.36. The number of aromatic nitrogens is 1. The summed E-state index contributed by atoms with van der Waals surface area (Å²) in [5, 5.41) is 0. The van der Waals surface area contributed by atoms with Gasteiger partial charge in [0, 0.05) is 45.1 Å². The van der Waals surface area contributed by atoms with Crippen LogP contribution in [0.25, 0.3) is 0 Å². The van der Waals surface area contributed by atoms with Crippen molar-refractivity contribution in [3.63, 3.8) is 0 Å². The van der Waals surface area contributed by atoms with E-state index in [1.54, 1.807) is 54.7 Å². The molecule has 1 amide bonds. The fraction of sp³-hybridized carbons (Fsp3) is 0.368. The maximum Gasteiger partial charge on any atom is 0.240 e. The molecule has 1 aliphatic heterocycles. The Hall–Kier alpha value is -2.29. The number of hydrogen-bond acceptors (Lipinski definition) is 5. The zero-order valence-electron chi connectivity index (χ0n) is 15.4. The topological polar surface area (TPSA) is 82.6 Å². The molecular formula is C19H24N4O3S. The highest BCUT2D eigenvalue weighted by Crippen LogP contribution is 2.19. The predicted octanol–water partition coefficient (Wildman–Crippen LogP) is 1.09. The standard InChI is InChI=1S/C19H24N4O3S/c1-15-19(24)22(2)14-17(23(15)13-16-7-6-10-20-11-16)12-21-27(25,26)18-8-4-3-5-9-18/h3-11,15,17,21H,12-14H2,1-2H3/t15-,17+/m0/s1. The van der Waals surface area contributed by atoms with Gasteiger partial charge in [0.05, 0.1) is 10.9 Å². The summed E-state index contributed by atoms with van der Waals surface area (Å²) >= 11 is 0. The van der Waals surface area contributed by atoms with Gasteiger partial charge in [0.2, 0.25) is 15.9 Å². The molecule has 2 aromatic rings. The number of nitrogens with one attached hydrogen (secondary N) is 1. The van der Waals surface area contributed by atoms with Crippen LogP contribution >= 0.6 is 0 Å². The zero-order chi connectivity index (χ0) is 19.4. The highest BCUT2D eigenvalue weighted by molar-refractivity contribution is 7.89. The van der Waals surface area contributed by atoms with Crippen LogP contribution < -0.4 is 4.72 Å². The normalized spacial score (nSPS) is 21.4. The Morgan fingerprint density at radius 2 is 1.93 bits per heavy atom. The number of amides is 1. The predicted molar refractivity (Wildman–Crippen MR) is 102 cm³/mol. The summed E-state index contributed by atoms with van der Waals surface area (Å²) in [7, 11) is -1.85. The number of benzene rings is 1. The van der Waals surface area contributed by atoms with Crippen LogP contribution in [-0.4, -0.2) is 61.3 Å². The average molecular weight is 388 g/mol. The molecule has 0 aliphatic carbocycles. The van der Waals surface area contributed by atoms with Gasteiger partial charge in [-0.15, -0.1) is 0 Å². The summed E-state index contributed by atoms with van der Waals surface area (Å²) in [6.07, 6.45) is 3.47. The third kappa shape index (κ3) is 4.52. The van der Waals surface area contributed by atoms with Crippen LogP contribution in [0.15, 0.2) is 59.8 Å². The molecular weight excluding hydrogens is 364 g/mol. The van der Waals surface area contributed by atoms with Crippen molar-refractivity contribution in [2.45, 2.75) is 30.4 Å². The molecule has 1 saturated heterocycles. The van der Waals surface area contributed by atoms with Crippen molar-refractivity contribution >= 4 is 15.9 Å². The molecule has 7 nitrogen and oxygen atoms in total. The van der Waals surface area contributed by atoms with E-state index >= 15 is 0 Å². The van der Waals surface area contributed by atoms with E-state index in [1.165, 1.54) is 0 Å². The molecule has 0 saturated carbocycles. The van der Waals surface area contributed by atoms with Crippen molar-refractivity contribution in [1.82, 2.24) is 19.5 Å². The number of hydrogen-bond donors (Lipinski definition) is 1. The van der Waals surface area contributed by atoms with Gasteiger partial charge in [-0.2, -0.15) is 0 Å². The molecule has 1 aliphatic rings. The molecule has 1 aromatic heterocycles. The van der Waals surface area contributed by atoms with Crippen LogP contribution in [0.4, 0.5) is 0 Å². The monoisotopic (exact) mass is 388 g/mol. The first-order chi connectivity index (χ1) is 12.9. The second kappa shape index (κ2) is 8.16. The number of rotatable bonds is 6. The first-order valence-corrected chi connectivity index (χ1v) is 10.3. The molecule has 3 rings (SSSR count). The number of likely N-dealkylation sites (N-methyl/N-ethyl adjacent to an activating group) is 1. The smallest absolute Gasteiger partial charge is 0.240 e. The highest BCUT2D eigenvalue weighted by atomic mass is 32.2. The maximum atomic E-state index is 12.5. The summed E-state index contributed by atoms with van der Waals surface area (Å²) in [4.78, 5) is 20.5. The minimum Gasteiger partial charge on any atom is -0.343 e. The number of pyridine rings is 1. The number of sulfonamides is 1. The molecule has 27 heavy (non-hydrogen) atoms. The molecule has 8 heteroatoms. The zero-order valence-corrected chi connectivity index (χ0v) is 16.3. The Morgan fingerprint density at radius 1 is 1.19 bits per heavy atom. The Bertz CT molecular complexity index is 874. The third-order valence-corrected chi connectivity index (χ3v) is 6.27. The number of nitrogens with zero attached hydrogens (tertiary/aromatic N) is 3. The molecule has 2 atom stereocenters. The van der Waals surface area contributed by atoms with Gasteiger partial charge in [0.1, 0.15) is 0 Å². The third-order valence-electron chi connectivity index (χ3n) is 4.84. The minimum absolute atomic E-state index is 0.0288. The van der Waals surface area contributed by atoms with E-state index in [1.807, 2.05) is 24.0 Å². The first kappa shape index (κ1) is 19.5. The molecule has 0 bridgehead atoms. The van der Waals surface area contributed by atoms with Gasteiger partial charge < -0.3 is 4.90 Å². The van der Waals surface area contributed by atoms with Gasteiger partial charge in [0.15, 0.2) is 0 Å². The van der Waals surface area contributed by atoms with Gasteiger partial charge in [-0.25, -0.2) is 13.1 Å². The van der Waals surface area contributed by atoms with Gasteiger partial charge in [-0.1, -0.05) is 24.3 Å². The van der Waals surface area contributed by atoms with E-state index in [0.717, 1.165) is 5.56 Å². The van der Waals surface area contributed by atoms with Crippen LogP contribution in [0.3, 0.4) is 0 Å². The Labute approximate surface area is 160 Å². The Kier molecular flexibility index (Phi) is 5.88. The fourth-order valence-corrected chi connectivity index (χ4v) is 4.42. The van der Waals surface area contributed by atoms with Gasteiger partial charge >= 0.3 is 0 Å². The summed E-state index contributed by atoms with van der Waals surface area (Å²) in [5.41, 5.74) is 0.984. The largest absolute Gasteiger partial charge is 0.343 e. The van der Waals surface area contributed by atoms with Gasteiger partial charge in [-0.05, 0) is 30.7 Å². The number of piperazine rings is 1. The maximum absolute atomic E-state index is 12.5. The average Bonchev–Trinajstić information content (AvgIpc) is 2.69. The van der Waals surface area contributed by atoms with Crippen LogP contribution in [0, 0.1) is 0 Å². The van der Waals surface area contributed by atoms with Crippen molar-refractivity contribution in [3.05, 3.63) is 60.4 Å². The van der Waals surface area contributed by atoms with Gasteiger partial charge in [0.25, 0.3) is 0 Å². The molecule has 0 unspecified atom stereocenters. The van der Waals surface area contributed by atoms with Crippen LogP contribution in [-0.2, 0) is 21.4 Å². The summed E-state index contributed by atoms with van der Waals surface area (Å²) in [5.74, 6) is 0.0288. The van der Waals surface area contributed by atoms with E-state index in [-0.39, 0.29) is 29.4 Å². The molecule has 0 spiro atoms. The summed E-state index contributed by atoms with van der Waals surface area (Å²) < 4.78 is 27.8. The van der Waals surface area contributed by atoms with E-state index in [9.17, 15) is 13.2 Å². The molecule has 1 N–H and O–H groups in total. The first-order valence-electron chi connectivity index (χ1n) is 8.83. The SMILES string of the molecule is C[C@H]1C(=O)N(C)C[C@@H](CNS(=O)(=O)c2ccccc2)N1Cc1cccnc1. The fourth-order valence-electron chi connectivity index (χ4n) is 3.33. The van der Waals surface area contributed by atoms with Crippen LogP contribution in [0.2, 0.25) is 0 Å². The molecule has 1 fully saturated rings. The van der Waals surface area contributed by atoms with E-state index in [2.05, 4.69) is 9.71 Å². The van der Waals surface area contributed by atoms with E-state index in [0.29, 0.717) is 13.1 Å². The number of carbonyl (C=O) groups excluding carboxylic acids is 1. The second-order valence-electron chi connectivity index (χ2n) is 6.75. The van der Waals surface area contributed by atoms with Crippen molar-refractivity contribution in [2.75, 3.05) is 20.1 Å². The lowest BCUT2D eigenvalue weighted by Crippen LogP contribution is -2.62. The van der Waals surface area contributed by atoms with Crippen LogP contribution in [0.5, 0.6) is 0 Å². The van der Waals surface area contributed by atoms with E-state index < -0.39 is 10.0 Å². The lowest BCUT2D eigenvalue weighted by Gasteiger charge is -2.43. The molecule has 144 valence electrons. The molecule has 2 heterocycles. The van der Waals surface area contributed by atoms with Crippen molar-refractivity contribution in [1.29, 1.82) is 0 Å². The molecule has 0 radical (unpaired) electrons. The Balaban J connectivity index is 1.77. The number of carbonyl (C=O) groups is 1. The quantitative estimate of drug-likeness (QED) is 0.801. The van der Waals surface area contributed by atoms with Crippen LogP contribution in [0.1, 0.15) is 12.5 Å². The van der Waals surface area contributed by atoms with Crippen molar-refractivity contribution in [3.8, 4) is 0 Å². The minimum atomic E-state index is -3.60. The lowest BCUT2D eigenvalue weighted by atomic mass is 10.1. The van der Waals surface area contributed by atoms with Crippen molar-refractivity contribution in [2.24, 2.45) is 0 Å². The van der Waals surface area contributed by atoms with Crippen molar-refractivity contribution < 1.29 is 13.2 Å². The second-order valence-corrected chi connectivity index (χ2v) is 8.51. The molecule has 1 aromatic carbocycles. The summed E-state index contributed by atoms with van der Waals surface area (Å²) in [6.45, 7) is 3.07. The summed E-state index contributed by atoms with van der Waals surface area (Å²) in [6, 6.07) is 11.6.